The zero-order chi connectivity index (χ0) is 15.4. The zero-order valence-corrected chi connectivity index (χ0v) is 14.5. The van der Waals surface area contributed by atoms with Crippen LogP contribution in [0.4, 0.5) is 17.3 Å². The minimum absolute atomic E-state index is 0.574. The highest BCUT2D eigenvalue weighted by molar-refractivity contribution is 9.10. The van der Waals surface area contributed by atoms with Crippen LogP contribution in [-0.4, -0.2) is 16.5 Å². The van der Waals surface area contributed by atoms with Crippen LogP contribution in [-0.2, 0) is 0 Å². The van der Waals surface area contributed by atoms with Crippen molar-refractivity contribution in [3.63, 3.8) is 0 Å². The maximum Gasteiger partial charge on any atom is 0.136 e. The number of halogens is 1. The Hall–Kier alpha value is -1.62. The lowest BCUT2D eigenvalue weighted by molar-refractivity contribution is 0.686. The first-order valence-electron chi connectivity index (χ1n) is 7.07. The third-order valence-corrected chi connectivity index (χ3v) is 3.47. The summed E-state index contributed by atoms with van der Waals surface area (Å²) in [6.45, 7) is 9.21. The predicted molar refractivity (Wildman–Crippen MR) is 92.3 cm³/mol. The molecule has 2 rings (SSSR count). The molecule has 0 aliphatic heterocycles. The van der Waals surface area contributed by atoms with Gasteiger partial charge in [0.25, 0.3) is 0 Å². The van der Waals surface area contributed by atoms with Gasteiger partial charge in [0.1, 0.15) is 17.5 Å². The number of nitrogens with zero attached hydrogens (tertiary/aromatic N) is 2. The molecule has 1 aromatic heterocycles. The third-order valence-electron chi connectivity index (χ3n) is 2.98. The van der Waals surface area contributed by atoms with Crippen molar-refractivity contribution in [3.8, 4) is 0 Å². The topological polar surface area (TPSA) is 49.8 Å². The molecule has 0 bridgehead atoms. The van der Waals surface area contributed by atoms with Gasteiger partial charge in [0.05, 0.1) is 0 Å². The van der Waals surface area contributed by atoms with Gasteiger partial charge < -0.3 is 10.6 Å². The highest BCUT2D eigenvalue weighted by Crippen LogP contribution is 2.24. The Morgan fingerprint density at radius 1 is 1.10 bits per heavy atom. The summed E-state index contributed by atoms with van der Waals surface area (Å²) in [6, 6.07) is 8.07. The van der Waals surface area contributed by atoms with Crippen molar-refractivity contribution in [1.29, 1.82) is 0 Å². The van der Waals surface area contributed by atoms with E-state index in [9.17, 15) is 0 Å². The molecular weight excluding hydrogens is 328 g/mol. The van der Waals surface area contributed by atoms with Gasteiger partial charge in [0.15, 0.2) is 0 Å². The Morgan fingerprint density at radius 2 is 1.81 bits per heavy atom. The number of hydrogen-bond acceptors (Lipinski definition) is 4. The minimum atomic E-state index is 0.574. The molecule has 2 aromatic rings. The van der Waals surface area contributed by atoms with Crippen LogP contribution in [0.2, 0.25) is 0 Å². The molecule has 21 heavy (non-hydrogen) atoms. The lowest BCUT2D eigenvalue weighted by Gasteiger charge is -2.13. The first-order valence-corrected chi connectivity index (χ1v) is 7.86. The van der Waals surface area contributed by atoms with E-state index in [1.165, 1.54) is 0 Å². The number of rotatable bonds is 5. The van der Waals surface area contributed by atoms with Crippen LogP contribution in [0.3, 0.4) is 0 Å². The van der Waals surface area contributed by atoms with Crippen molar-refractivity contribution >= 4 is 33.3 Å². The van der Waals surface area contributed by atoms with Crippen LogP contribution < -0.4 is 10.6 Å². The quantitative estimate of drug-likeness (QED) is 0.824. The van der Waals surface area contributed by atoms with Crippen molar-refractivity contribution in [1.82, 2.24) is 9.97 Å². The summed E-state index contributed by atoms with van der Waals surface area (Å²) in [7, 11) is 0. The van der Waals surface area contributed by atoms with E-state index < -0.39 is 0 Å². The van der Waals surface area contributed by atoms with Crippen molar-refractivity contribution in [2.24, 2.45) is 5.92 Å². The summed E-state index contributed by atoms with van der Waals surface area (Å²) >= 11 is 3.48. The highest BCUT2D eigenvalue weighted by Gasteiger charge is 2.05. The standard InChI is InChI=1S/C16H21BrN4/c1-10(2)9-18-15-8-16(20-12(4)19-15)21-14-6-5-13(17)7-11(14)3/h5-8,10H,9H2,1-4H3,(H2,18,19,20,21). The third kappa shape index (κ3) is 4.70. The molecule has 0 spiro atoms. The molecule has 0 aliphatic carbocycles. The second kappa shape index (κ2) is 6.89. The first kappa shape index (κ1) is 15.8. The van der Waals surface area contributed by atoms with Crippen molar-refractivity contribution in [2.75, 3.05) is 17.2 Å². The number of benzene rings is 1. The molecule has 2 N–H and O–H groups in total. The summed E-state index contributed by atoms with van der Waals surface area (Å²) in [4.78, 5) is 8.86. The Balaban J connectivity index is 2.19. The van der Waals surface area contributed by atoms with Crippen LogP contribution in [0.5, 0.6) is 0 Å². The van der Waals surface area contributed by atoms with E-state index in [2.05, 4.69) is 63.4 Å². The Bertz CT molecular complexity index is 626. The van der Waals surface area contributed by atoms with Crippen molar-refractivity contribution in [3.05, 3.63) is 40.1 Å². The molecule has 1 aromatic carbocycles. The van der Waals surface area contributed by atoms with Gasteiger partial charge in [0, 0.05) is 22.8 Å². The summed E-state index contributed by atoms with van der Waals surface area (Å²) in [6.07, 6.45) is 0. The molecule has 0 amide bonds. The van der Waals surface area contributed by atoms with Crippen LogP contribution >= 0.6 is 15.9 Å². The minimum Gasteiger partial charge on any atom is -0.370 e. The molecule has 0 unspecified atom stereocenters. The average molecular weight is 349 g/mol. The van der Waals surface area contributed by atoms with E-state index in [1.54, 1.807) is 0 Å². The fourth-order valence-corrected chi connectivity index (χ4v) is 2.41. The average Bonchev–Trinajstić information content (AvgIpc) is 2.39. The van der Waals surface area contributed by atoms with E-state index in [0.29, 0.717) is 5.92 Å². The Labute approximate surface area is 134 Å². The first-order chi connectivity index (χ1) is 9.94. The van der Waals surface area contributed by atoms with Gasteiger partial charge in [0.2, 0.25) is 0 Å². The molecule has 5 heteroatoms. The molecule has 0 atom stereocenters. The van der Waals surface area contributed by atoms with Gasteiger partial charge in [-0.1, -0.05) is 29.8 Å². The van der Waals surface area contributed by atoms with Gasteiger partial charge >= 0.3 is 0 Å². The smallest absolute Gasteiger partial charge is 0.136 e. The summed E-state index contributed by atoms with van der Waals surface area (Å²) in [5.41, 5.74) is 2.21. The van der Waals surface area contributed by atoms with Crippen LogP contribution in [0.25, 0.3) is 0 Å². The predicted octanol–water partition coefficient (Wildman–Crippen LogP) is 4.67. The van der Waals surface area contributed by atoms with Crippen molar-refractivity contribution in [2.45, 2.75) is 27.7 Å². The normalized spacial score (nSPS) is 10.8. The largest absolute Gasteiger partial charge is 0.370 e. The van der Waals surface area contributed by atoms with E-state index in [-0.39, 0.29) is 0 Å². The van der Waals surface area contributed by atoms with E-state index in [1.807, 2.05) is 25.1 Å². The molecule has 0 radical (unpaired) electrons. The Morgan fingerprint density at radius 3 is 2.48 bits per heavy atom. The molecule has 0 saturated carbocycles. The maximum absolute atomic E-state index is 4.45. The summed E-state index contributed by atoms with van der Waals surface area (Å²) in [5, 5.41) is 6.69. The van der Waals surface area contributed by atoms with Crippen molar-refractivity contribution < 1.29 is 0 Å². The van der Waals surface area contributed by atoms with Gasteiger partial charge in [-0.3, -0.25) is 0 Å². The molecular formula is C16H21BrN4. The fraction of sp³-hybridized carbons (Fsp3) is 0.375. The number of nitrogens with one attached hydrogen (secondary N) is 2. The summed E-state index contributed by atoms with van der Waals surface area (Å²) in [5.74, 6) is 2.99. The molecule has 0 saturated heterocycles. The molecule has 4 nitrogen and oxygen atoms in total. The molecule has 112 valence electrons. The SMILES string of the molecule is Cc1nc(NCC(C)C)cc(Nc2ccc(Br)cc2C)n1. The highest BCUT2D eigenvalue weighted by atomic mass is 79.9. The Kier molecular flexibility index (Phi) is 5.17. The van der Waals surface area contributed by atoms with Gasteiger partial charge in [-0.05, 0) is 43.5 Å². The van der Waals surface area contributed by atoms with Crippen LogP contribution in [0.15, 0.2) is 28.7 Å². The molecule has 0 fully saturated rings. The molecule has 1 heterocycles. The monoisotopic (exact) mass is 348 g/mol. The van der Waals surface area contributed by atoms with Crippen LogP contribution in [0, 0.1) is 19.8 Å². The fourth-order valence-electron chi connectivity index (χ4n) is 1.94. The number of anilines is 3. The number of aromatic nitrogens is 2. The number of aryl methyl sites for hydroxylation is 2. The lowest BCUT2D eigenvalue weighted by Crippen LogP contribution is -2.10. The van der Waals surface area contributed by atoms with E-state index >= 15 is 0 Å². The maximum atomic E-state index is 4.45. The lowest BCUT2D eigenvalue weighted by atomic mass is 10.2. The van der Waals surface area contributed by atoms with Crippen LogP contribution in [0.1, 0.15) is 25.2 Å². The second-order valence-corrected chi connectivity index (χ2v) is 6.46. The molecule has 0 aliphatic rings. The second-order valence-electron chi connectivity index (χ2n) is 5.54. The zero-order valence-electron chi connectivity index (χ0n) is 12.9. The van der Waals surface area contributed by atoms with Gasteiger partial charge in [-0.2, -0.15) is 0 Å². The van der Waals surface area contributed by atoms with E-state index in [4.69, 9.17) is 0 Å². The van der Waals surface area contributed by atoms with Gasteiger partial charge in [-0.25, -0.2) is 9.97 Å². The van der Waals surface area contributed by atoms with E-state index in [0.717, 1.165) is 39.7 Å². The summed E-state index contributed by atoms with van der Waals surface area (Å²) < 4.78 is 1.07. The number of hydrogen-bond donors (Lipinski definition) is 2. The van der Waals surface area contributed by atoms with Gasteiger partial charge in [-0.15, -0.1) is 0 Å².